The van der Waals surface area contributed by atoms with E-state index in [1.54, 1.807) is 18.0 Å². The number of carbonyl (C=O) groups is 1. The topological polar surface area (TPSA) is 39.2 Å². The molecule has 3 nitrogen and oxygen atoms in total. The molecular weight excluding hydrogens is 210 g/mol. The van der Waals surface area contributed by atoms with Gasteiger partial charge in [-0.25, -0.2) is 9.78 Å². The van der Waals surface area contributed by atoms with Gasteiger partial charge in [-0.2, -0.15) is 0 Å². The molecule has 0 atom stereocenters. The predicted molar refractivity (Wildman–Crippen MR) is 60.7 cm³/mol. The minimum atomic E-state index is -0.336. The Hall–Kier alpha value is -1.29. The number of carbonyl (C=O) groups excluding carboxylic acids is 1. The van der Waals surface area contributed by atoms with Crippen LogP contribution in [0.5, 0.6) is 0 Å². The van der Waals surface area contributed by atoms with Gasteiger partial charge < -0.3 is 4.74 Å². The first kappa shape index (κ1) is 11.8. The first-order chi connectivity index (χ1) is 7.24. The number of nitrogens with zero attached hydrogens (tertiary/aromatic N) is 1. The van der Waals surface area contributed by atoms with E-state index < -0.39 is 0 Å². The number of aromatic nitrogens is 1. The van der Waals surface area contributed by atoms with Gasteiger partial charge in [0.1, 0.15) is 0 Å². The molecular formula is C11H13NO2S. The normalized spacial score (nSPS) is 9.67. The molecule has 0 saturated heterocycles. The summed E-state index contributed by atoms with van der Waals surface area (Å²) in [5.74, 6) is 0.446. The van der Waals surface area contributed by atoms with Gasteiger partial charge in [-0.3, -0.25) is 0 Å². The van der Waals surface area contributed by atoms with E-state index >= 15 is 0 Å². The number of hydrogen-bond acceptors (Lipinski definition) is 4. The highest BCUT2D eigenvalue weighted by Crippen LogP contribution is 2.17. The Bertz CT molecular complexity index is 338. The Morgan fingerprint density at radius 1 is 1.60 bits per heavy atom. The summed E-state index contributed by atoms with van der Waals surface area (Å²) in [5.41, 5.74) is 0.501. The molecule has 0 unspecified atom stereocenters. The van der Waals surface area contributed by atoms with Crippen LogP contribution >= 0.6 is 11.8 Å². The fraction of sp³-hybridized carbons (Fsp3) is 0.273. The van der Waals surface area contributed by atoms with Crippen LogP contribution in [-0.4, -0.2) is 23.8 Å². The highest BCUT2D eigenvalue weighted by atomic mass is 32.2. The third-order valence-corrected chi connectivity index (χ3v) is 2.71. The number of thioether (sulfide) groups is 1. The Balaban J connectivity index is 2.28. The summed E-state index contributed by atoms with van der Waals surface area (Å²) in [6, 6.07) is 5.74. The van der Waals surface area contributed by atoms with Gasteiger partial charge in [0.05, 0.1) is 12.1 Å². The number of pyridine rings is 1. The molecule has 0 N–H and O–H groups in total. The average Bonchev–Trinajstić information content (AvgIpc) is 2.29. The van der Waals surface area contributed by atoms with E-state index in [0.29, 0.717) is 12.0 Å². The summed E-state index contributed by atoms with van der Waals surface area (Å²) in [6.45, 7) is 3.65. The standard InChI is InChI=1S/C11H13NO2S/c1-9(11(13)14-2)6-8-15-10-5-3-4-7-12-10/h3-5,7H,1,6,8H2,2H3. The monoisotopic (exact) mass is 223 g/mol. The molecule has 0 aliphatic carbocycles. The third-order valence-electron chi connectivity index (χ3n) is 1.77. The van der Waals surface area contributed by atoms with Gasteiger partial charge in [-0.15, -0.1) is 11.8 Å². The Morgan fingerprint density at radius 2 is 2.40 bits per heavy atom. The van der Waals surface area contributed by atoms with Crippen molar-refractivity contribution in [2.24, 2.45) is 0 Å². The maximum Gasteiger partial charge on any atom is 0.333 e. The van der Waals surface area contributed by atoms with Crippen molar-refractivity contribution < 1.29 is 9.53 Å². The van der Waals surface area contributed by atoms with Crippen molar-refractivity contribution in [1.29, 1.82) is 0 Å². The van der Waals surface area contributed by atoms with E-state index in [-0.39, 0.29) is 5.97 Å². The van der Waals surface area contributed by atoms with Crippen LogP contribution in [0.15, 0.2) is 41.6 Å². The summed E-state index contributed by atoms with van der Waals surface area (Å²) in [5, 5.41) is 0.954. The van der Waals surface area contributed by atoms with Gasteiger partial charge in [0, 0.05) is 17.5 Å². The fourth-order valence-electron chi connectivity index (χ4n) is 0.958. The molecule has 0 spiro atoms. The van der Waals surface area contributed by atoms with Crippen LogP contribution in [0.4, 0.5) is 0 Å². The molecule has 0 bridgehead atoms. The summed E-state index contributed by atoms with van der Waals surface area (Å²) in [7, 11) is 1.36. The number of esters is 1. The van der Waals surface area contributed by atoms with Crippen LogP contribution < -0.4 is 0 Å². The van der Waals surface area contributed by atoms with Crippen LogP contribution in [0, 0.1) is 0 Å². The van der Waals surface area contributed by atoms with Crippen molar-refractivity contribution in [2.45, 2.75) is 11.4 Å². The molecule has 0 fully saturated rings. The lowest BCUT2D eigenvalue weighted by Crippen LogP contribution is -2.04. The molecule has 1 rings (SSSR count). The fourth-order valence-corrected chi connectivity index (χ4v) is 1.83. The average molecular weight is 223 g/mol. The third kappa shape index (κ3) is 4.16. The summed E-state index contributed by atoms with van der Waals surface area (Å²) in [4.78, 5) is 15.2. The number of ether oxygens (including phenoxy) is 1. The van der Waals surface area contributed by atoms with Crippen molar-refractivity contribution in [3.63, 3.8) is 0 Å². The van der Waals surface area contributed by atoms with Gasteiger partial charge in [0.2, 0.25) is 0 Å². The summed E-state index contributed by atoms with van der Waals surface area (Å²) in [6.07, 6.45) is 2.37. The van der Waals surface area contributed by atoms with Crippen molar-refractivity contribution in [1.82, 2.24) is 4.98 Å². The summed E-state index contributed by atoms with van der Waals surface area (Å²) < 4.78 is 4.55. The van der Waals surface area contributed by atoms with Gasteiger partial charge in [-0.1, -0.05) is 12.6 Å². The molecule has 0 aliphatic rings. The highest BCUT2D eigenvalue weighted by molar-refractivity contribution is 7.99. The second-order valence-electron chi connectivity index (χ2n) is 2.86. The Kier molecular flexibility index (Phi) is 4.90. The SMILES string of the molecule is C=C(CCSc1ccccn1)C(=O)OC. The van der Waals surface area contributed by atoms with E-state index in [9.17, 15) is 4.79 Å². The van der Waals surface area contributed by atoms with Crippen molar-refractivity contribution in [2.75, 3.05) is 12.9 Å². The van der Waals surface area contributed by atoms with E-state index in [1.165, 1.54) is 7.11 Å². The van der Waals surface area contributed by atoms with E-state index in [0.717, 1.165) is 10.8 Å². The van der Waals surface area contributed by atoms with Crippen molar-refractivity contribution >= 4 is 17.7 Å². The van der Waals surface area contributed by atoms with E-state index in [1.807, 2.05) is 18.2 Å². The predicted octanol–water partition coefficient (Wildman–Crippen LogP) is 2.29. The second-order valence-corrected chi connectivity index (χ2v) is 3.98. The number of rotatable bonds is 5. The van der Waals surface area contributed by atoms with Gasteiger partial charge in [-0.05, 0) is 18.6 Å². The first-order valence-electron chi connectivity index (χ1n) is 4.54. The zero-order valence-corrected chi connectivity index (χ0v) is 9.42. The lowest BCUT2D eigenvalue weighted by atomic mass is 10.2. The van der Waals surface area contributed by atoms with Gasteiger partial charge >= 0.3 is 5.97 Å². The lowest BCUT2D eigenvalue weighted by molar-refractivity contribution is -0.136. The highest BCUT2D eigenvalue weighted by Gasteiger charge is 2.06. The molecule has 0 aliphatic heterocycles. The zero-order chi connectivity index (χ0) is 11.1. The minimum Gasteiger partial charge on any atom is -0.466 e. The molecule has 4 heteroatoms. The first-order valence-corrected chi connectivity index (χ1v) is 5.52. The molecule has 0 amide bonds. The lowest BCUT2D eigenvalue weighted by Gasteiger charge is -2.02. The van der Waals surface area contributed by atoms with E-state index in [2.05, 4.69) is 16.3 Å². The van der Waals surface area contributed by atoms with E-state index in [4.69, 9.17) is 0 Å². The maximum atomic E-state index is 11.0. The zero-order valence-electron chi connectivity index (χ0n) is 8.60. The van der Waals surface area contributed by atoms with Crippen LogP contribution in [0.25, 0.3) is 0 Å². The molecule has 80 valence electrons. The van der Waals surface area contributed by atoms with Crippen LogP contribution in [0.3, 0.4) is 0 Å². The molecule has 15 heavy (non-hydrogen) atoms. The van der Waals surface area contributed by atoms with Crippen molar-refractivity contribution in [3.8, 4) is 0 Å². The van der Waals surface area contributed by atoms with Gasteiger partial charge in [0.15, 0.2) is 0 Å². The number of methoxy groups -OCH3 is 1. The molecule has 1 aromatic rings. The quantitative estimate of drug-likeness (QED) is 0.436. The molecule has 0 aromatic carbocycles. The minimum absolute atomic E-state index is 0.336. The number of hydrogen-bond donors (Lipinski definition) is 0. The second kappa shape index (κ2) is 6.24. The van der Waals surface area contributed by atoms with Crippen LogP contribution in [0.1, 0.15) is 6.42 Å². The molecule has 1 aromatic heterocycles. The Morgan fingerprint density at radius 3 is 3.00 bits per heavy atom. The van der Waals surface area contributed by atoms with Crippen LogP contribution in [0.2, 0.25) is 0 Å². The largest absolute Gasteiger partial charge is 0.466 e. The maximum absolute atomic E-state index is 11.0. The van der Waals surface area contributed by atoms with Crippen molar-refractivity contribution in [3.05, 3.63) is 36.5 Å². The molecule has 0 radical (unpaired) electrons. The summed E-state index contributed by atoms with van der Waals surface area (Å²) >= 11 is 1.60. The smallest absolute Gasteiger partial charge is 0.333 e. The molecule has 1 heterocycles. The Labute approximate surface area is 93.5 Å². The van der Waals surface area contributed by atoms with Gasteiger partial charge in [0.25, 0.3) is 0 Å². The van der Waals surface area contributed by atoms with Crippen LogP contribution in [-0.2, 0) is 9.53 Å². The molecule has 0 saturated carbocycles.